The maximum Gasteiger partial charge on any atom is 0.410 e. The van der Waals surface area contributed by atoms with Crippen molar-refractivity contribution in [2.45, 2.75) is 120 Å². The van der Waals surface area contributed by atoms with Gasteiger partial charge in [0.2, 0.25) is 17.7 Å². The highest BCUT2D eigenvalue weighted by Gasteiger charge is 2.56. The van der Waals surface area contributed by atoms with Crippen LogP contribution in [0, 0.1) is 11.3 Å². The molecule has 0 unspecified atom stereocenters. The summed E-state index contributed by atoms with van der Waals surface area (Å²) in [6, 6.07) is -0.772. The monoisotopic (exact) mass is 550 g/mol. The zero-order valence-corrected chi connectivity index (χ0v) is 23.1. The molecule has 1 aromatic rings. The predicted molar refractivity (Wildman–Crippen MR) is 135 cm³/mol. The first kappa shape index (κ1) is 26.9. The fraction of sp³-hybridized carbons (Fsp3) is 0.857. The molecular formula is C28H40F2N4O5. The molecule has 3 aliphatic carbocycles. The summed E-state index contributed by atoms with van der Waals surface area (Å²) in [6.45, 7) is 6.69. The highest BCUT2D eigenvalue weighted by molar-refractivity contribution is 5.86. The largest absolute Gasteiger partial charge is 0.444 e. The molecule has 1 spiro atoms. The molecule has 1 N–H and O–H groups in total. The van der Waals surface area contributed by atoms with E-state index in [1.54, 1.807) is 9.80 Å². The average Bonchev–Trinajstić information content (AvgIpc) is 3.57. The summed E-state index contributed by atoms with van der Waals surface area (Å²) in [5, 5.41) is 15.3. The molecule has 0 aromatic carbocycles. The Labute approximate surface area is 227 Å². The van der Waals surface area contributed by atoms with Crippen molar-refractivity contribution in [1.29, 1.82) is 0 Å². The van der Waals surface area contributed by atoms with Crippen LogP contribution in [0.4, 0.5) is 13.6 Å². The van der Waals surface area contributed by atoms with E-state index in [1.807, 2.05) is 20.8 Å². The summed E-state index contributed by atoms with van der Waals surface area (Å²) < 4.78 is 37.9. The van der Waals surface area contributed by atoms with Crippen LogP contribution < -0.4 is 0 Å². The number of carbonyl (C=O) groups excluding carboxylic acids is 2. The second kappa shape index (κ2) is 9.11. The maximum atomic E-state index is 13.9. The third kappa shape index (κ3) is 4.82. The lowest BCUT2D eigenvalue weighted by Crippen LogP contribution is -2.65. The Morgan fingerprint density at radius 1 is 1.10 bits per heavy atom. The lowest BCUT2D eigenvalue weighted by atomic mass is 9.61. The molecule has 0 radical (unpaired) electrons. The third-order valence-corrected chi connectivity index (χ3v) is 9.93. The van der Waals surface area contributed by atoms with Crippen molar-refractivity contribution in [1.82, 2.24) is 19.9 Å². The number of hydrogen-bond acceptors (Lipinski definition) is 7. The van der Waals surface area contributed by atoms with E-state index in [1.165, 1.54) is 0 Å². The molecule has 3 heterocycles. The molecule has 2 atom stereocenters. The van der Waals surface area contributed by atoms with E-state index in [4.69, 9.17) is 9.26 Å². The number of piperidine rings is 2. The predicted octanol–water partition coefficient (Wildman–Crippen LogP) is 4.39. The van der Waals surface area contributed by atoms with Crippen molar-refractivity contribution in [3.8, 4) is 0 Å². The number of halogens is 2. The Kier molecular flexibility index (Phi) is 6.28. The number of amides is 2. The minimum Gasteiger partial charge on any atom is -0.444 e. The normalized spacial score (nSPS) is 30.0. The fourth-order valence-corrected chi connectivity index (χ4v) is 7.24. The van der Waals surface area contributed by atoms with Crippen molar-refractivity contribution in [3.05, 3.63) is 11.7 Å². The van der Waals surface area contributed by atoms with Gasteiger partial charge in [0.1, 0.15) is 11.6 Å². The van der Waals surface area contributed by atoms with Crippen LogP contribution in [-0.2, 0) is 14.9 Å². The number of hydrogen-bond donors (Lipinski definition) is 1. The number of carbonyl (C=O) groups is 2. The molecule has 2 saturated heterocycles. The number of nitrogens with zero attached hydrogens (tertiary/aromatic N) is 4. The SMILES string of the molecule is CC(C)(C)OC(=O)N1CC2(CCC2)[C@H](O)C[C@H]1C(=O)N1CCC(c2noc(C3CC(F)(F)C3)n2)(C2CC2)CC1. The van der Waals surface area contributed by atoms with Gasteiger partial charge in [-0.2, -0.15) is 4.98 Å². The van der Waals surface area contributed by atoms with Crippen LogP contribution in [0.5, 0.6) is 0 Å². The summed E-state index contributed by atoms with van der Waals surface area (Å²) >= 11 is 0. The number of alkyl halides is 2. The van der Waals surface area contributed by atoms with Crippen molar-refractivity contribution >= 4 is 12.0 Å². The second-order valence-corrected chi connectivity index (χ2v) is 13.8. The molecule has 0 bridgehead atoms. The van der Waals surface area contributed by atoms with E-state index in [2.05, 4.69) is 10.1 Å². The van der Waals surface area contributed by atoms with Gasteiger partial charge >= 0.3 is 6.09 Å². The first-order valence-corrected chi connectivity index (χ1v) is 14.5. The summed E-state index contributed by atoms with van der Waals surface area (Å²) in [5.74, 6) is -1.95. The summed E-state index contributed by atoms with van der Waals surface area (Å²) in [5.41, 5.74) is -1.38. The smallest absolute Gasteiger partial charge is 0.410 e. The molecule has 3 saturated carbocycles. The molecule has 2 aliphatic heterocycles. The van der Waals surface area contributed by atoms with Crippen molar-refractivity contribution < 1.29 is 32.7 Å². The first-order chi connectivity index (χ1) is 18.3. The minimum absolute atomic E-state index is 0.163. The summed E-state index contributed by atoms with van der Waals surface area (Å²) in [4.78, 5) is 35.1. The van der Waals surface area contributed by atoms with Crippen LogP contribution in [0.3, 0.4) is 0 Å². The Bertz CT molecular complexity index is 1110. The Morgan fingerprint density at radius 2 is 1.77 bits per heavy atom. The van der Waals surface area contributed by atoms with Crippen molar-refractivity contribution in [2.24, 2.45) is 11.3 Å². The van der Waals surface area contributed by atoms with Gasteiger partial charge in [-0.3, -0.25) is 9.69 Å². The van der Waals surface area contributed by atoms with Gasteiger partial charge in [-0.15, -0.1) is 0 Å². The van der Waals surface area contributed by atoms with Crippen LogP contribution in [0.2, 0.25) is 0 Å². The fourth-order valence-electron chi connectivity index (χ4n) is 7.24. The van der Waals surface area contributed by atoms with Crippen LogP contribution >= 0.6 is 0 Å². The van der Waals surface area contributed by atoms with Crippen LogP contribution in [0.25, 0.3) is 0 Å². The first-order valence-electron chi connectivity index (χ1n) is 14.5. The Balaban J connectivity index is 1.16. The molecule has 9 nitrogen and oxygen atoms in total. The molecule has 1 aromatic heterocycles. The molecule has 39 heavy (non-hydrogen) atoms. The lowest BCUT2D eigenvalue weighted by molar-refractivity contribution is -0.153. The van der Waals surface area contributed by atoms with Gasteiger partial charge in [0.15, 0.2) is 5.82 Å². The molecule has 2 amide bonds. The second-order valence-electron chi connectivity index (χ2n) is 13.8. The van der Waals surface area contributed by atoms with E-state index < -0.39 is 35.7 Å². The molecule has 6 rings (SSSR count). The van der Waals surface area contributed by atoms with E-state index in [0.29, 0.717) is 50.1 Å². The van der Waals surface area contributed by atoms with E-state index in [9.17, 15) is 23.5 Å². The van der Waals surface area contributed by atoms with Gasteiger partial charge < -0.3 is 19.3 Å². The number of rotatable bonds is 4. The molecule has 11 heteroatoms. The van der Waals surface area contributed by atoms with Crippen LogP contribution in [-0.4, -0.2) is 80.4 Å². The minimum atomic E-state index is -2.66. The number of aliphatic hydroxyl groups excluding tert-OH is 1. The molecule has 5 fully saturated rings. The maximum absolute atomic E-state index is 13.9. The van der Waals surface area contributed by atoms with Gasteiger partial charge in [-0.1, -0.05) is 11.6 Å². The van der Waals surface area contributed by atoms with Gasteiger partial charge in [-0.25, -0.2) is 13.6 Å². The van der Waals surface area contributed by atoms with Crippen molar-refractivity contribution in [3.63, 3.8) is 0 Å². The number of aliphatic hydroxyl groups is 1. The highest BCUT2D eigenvalue weighted by Crippen LogP contribution is 2.54. The zero-order valence-electron chi connectivity index (χ0n) is 23.1. The van der Waals surface area contributed by atoms with Gasteiger partial charge in [0, 0.05) is 55.6 Å². The van der Waals surface area contributed by atoms with Crippen molar-refractivity contribution in [2.75, 3.05) is 19.6 Å². The number of aromatic nitrogens is 2. The summed E-state index contributed by atoms with van der Waals surface area (Å²) in [6.07, 6.45) is 4.63. The van der Waals surface area contributed by atoms with Crippen LogP contribution in [0.1, 0.15) is 103 Å². The number of likely N-dealkylation sites (tertiary alicyclic amines) is 2. The Hall–Kier alpha value is -2.30. The van der Waals surface area contributed by atoms with Gasteiger partial charge in [-0.05, 0) is 65.2 Å². The van der Waals surface area contributed by atoms with Crippen LogP contribution in [0.15, 0.2) is 4.52 Å². The van der Waals surface area contributed by atoms with E-state index in [-0.39, 0.29) is 36.0 Å². The van der Waals surface area contributed by atoms with E-state index in [0.717, 1.165) is 32.1 Å². The zero-order chi connectivity index (χ0) is 27.8. The highest BCUT2D eigenvalue weighted by atomic mass is 19.3. The standard InChI is InChI=1S/C28H40F2N4O5/c1-25(2,3)38-24(37)34-16-26(7-4-8-26)20(35)13-19(34)22(36)33-11-9-27(10-12-33,18-5-6-18)23-31-21(39-32-23)17-14-28(29,30)15-17/h17-20,35H,4-16H2,1-3H3/t19-,20+/m0/s1. The lowest BCUT2D eigenvalue weighted by Gasteiger charge is -2.54. The number of ether oxygens (including phenoxy) is 1. The summed E-state index contributed by atoms with van der Waals surface area (Å²) in [7, 11) is 0. The third-order valence-electron chi connectivity index (χ3n) is 9.93. The Morgan fingerprint density at radius 3 is 2.31 bits per heavy atom. The topological polar surface area (TPSA) is 109 Å². The molecule has 5 aliphatic rings. The van der Waals surface area contributed by atoms with Gasteiger partial charge in [0.25, 0.3) is 0 Å². The van der Waals surface area contributed by atoms with Gasteiger partial charge in [0.05, 0.1) is 6.10 Å². The van der Waals surface area contributed by atoms with E-state index >= 15 is 0 Å². The molecule has 216 valence electrons. The quantitative estimate of drug-likeness (QED) is 0.592. The molecular weight excluding hydrogens is 510 g/mol. The average molecular weight is 551 g/mol.